The van der Waals surface area contributed by atoms with Crippen LogP contribution < -0.4 is 0 Å². The first-order valence-corrected chi connectivity index (χ1v) is 7.31. The van der Waals surface area contributed by atoms with Crippen LogP contribution in [0, 0.1) is 0 Å². The maximum atomic E-state index is 11.5. The largest absolute Gasteiger partial charge is 0.466 e. The normalized spacial score (nSPS) is 32.4. The van der Waals surface area contributed by atoms with E-state index in [1.165, 1.54) is 19.3 Å². The number of likely N-dealkylation sites (tertiary alicyclic amines) is 1. The fourth-order valence-corrected chi connectivity index (χ4v) is 2.78. The van der Waals surface area contributed by atoms with Crippen molar-refractivity contribution in [1.29, 1.82) is 0 Å². The number of hydrogen-bond donors (Lipinski definition) is 0. The Balaban J connectivity index is 1.76. The summed E-state index contributed by atoms with van der Waals surface area (Å²) in [6.07, 6.45) is 4.11. The molecular formula is C14H25NO4. The fraction of sp³-hybridized carbons (Fsp3) is 0.929. The summed E-state index contributed by atoms with van der Waals surface area (Å²) in [5, 5.41) is 0. The standard InChI is InChI=1S/C14H25NO4/c1-3-17-13(16)9-14(2)18-11-12(19-14)10-15-7-5-4-6-8-15/h12H,3-11H2,1-2H3/t12-,14-/m0/s1. The van der Waals surface area contributed by atoms with Crippen molar-refractivity contribution >= 4 is 5.97 Å². The van der Waals surface area contributed by atoms with Crippen molar-refractivity contribution in [1.82, 2.24) is 4.90 Å². The van der Waals surface area contributed by atoms with Gasteiger partial charge in [-0.1, -0.05) is 6.42 Å². The lowest BCUT2D eigenvalue weighted by molar-refractivity contribution is -0.180. The van der Waals surface area contributed by atoms with E-state index in [1.54, 1.807) is 6.92 Å². The zero-order valence-electron chi connectivity index (χ0n) is 12.0. The second-order valence-corrected chi connectivity index (χ2v) is 5.53. The zero-order valence-corrected chi connectivity index (χ0v) is 12.0. The molecule has 0 amide bonds. The Bertz CT molecular complexity index is 304. The van der Waals surface area contributed by atoms with Gasteiger partial charge >= 0.3 is 5.97 Å². The molecule has 2 aliphatic rings. The highest BCUT2D eigenvalue weighted by molar-refractivity contribution is 5.70. The second kappa shape index (κ2) is 6.68. The van der Waals surface area contributed by atoms with Crippen LogP contribution in [0.4, 0.5) is 0 Å². The number of carbonyl (C=O) groups is 1. The molecule has 0 bridgehead atoms. The number of piperidine rings is 1. The molecule has 0 aromatic heterocycles. The van der Waals surface area contributed by atoms with Crippen LogP contribution in [0.5, 0.6) is 0 Å². The van der Waals surface area contributed by atoms with Crippen molar-refractivity contribution in [3.8, 4) is 0 Å². The molecule has 2 atom stereocenters. The SMILES string of the molecule is CCOC(=O)C[C@@]1(C)OC[C@H](CN2CCCCC2)O1. The van der Waals surface area contributed by atoms with E-state index in [2.05, 4.69) is 4.90 Å². The van der Waals surface area contributed by atoms with Gasteiger partial charge < -0.3 is 19.1 Å². The summed E-state index contributed by atoms with van der Waals surface area (Å²) < 4.78 is 16.5. The monoisotopic (exact) mass is 271 g/mol. The first-order valence-electron chi connectivity index (χ1n) is 7.31. The lowest BCUT2D eigenvalue weighted by atomic mass is 10.1. The van der Waals surface area contributed by atoms with Gasteiger partial charge in [0, 0.05) is 6.54 Å². The second-order valence-electron chi connectivity index (χ2n) is 5.53. The lowest BCUT2D eigenvalue weighted by Gasteiger charge is -2.29. The first kappa shape index (κ1) is 14.8. The molecule has 0 aromatic carbocycles. The van der Waals surface area contributed by atoms with E-state index >= 15 is 0 Å². The predicted octanol–water partition coefficient (Wildman–Crippen LogP) is 1.56. The first-order chi connectivity index (χ1) is 9.11. The molecule has 0 saturated carbocycles. The summed E-state index contributed by atoms with van der Waals surface area (Å²) in [5.74, 6) is -1.07. The molecule has 2 aliphatic heterocycles. The molecular weight excluding hydrogens is 246 g/mol. The number of rotatable bonds is 5. The average Bonchev–Trinajstić information content (AvgIpc) is 2.72. The Morgan fingerprint density at radius 2 is 2.11 bits per heavy atom. The zero-order chi connectivity index (χ0) is 13.7. The number of ether oxygens (including phenoxy) is 3. The van der Waals surface area contributed by atoms with Crippen LogP contribution in [-0.4, -0.2) is 55.6 Å². The van der Waals surface area contributed by atoms with Crippen molar-refractivity contribution in [3.63, 3.8) is 0 Å². The van der Waals surface area contributed by atoms with E-state index in [0.29, 0.717) is 13.2 Å². The van der Waals surface area contributed by atoms with Crippen LogP contribution in [-0.2, 0) is 19.0 Å². The summed E-state index contributed by atoms with van der Waals surface area (Å²) in [7, 11) is 0. The highest BCUT2D eigenvalue weighted by Crippen LogP contribution is 2.28. The average molecular weight is 271 g/mol. The Morgan fingerprint density at radius 3 is 2.79 bits per heavy atom. The van der Waals surface area contributed by atoms with Gasteiger partial charge in [-0.05, 0) is 39.8 Å². The molecule has 5 heteroatoms. The van der Waals surface area contributed by atoms with E-state index < -0.39 is 5.79 Å². The molecule has 0 aromatic rings. The van der Waals surface area contributed by atoms with Gasteiger partial charge in [0.1, 0.15) is 0 Å². The third-order valence-electron chi connectivity index (χ3n) is 3.67. The van der Waals surface area contributed by atoms with Gasteiger partial charge in [0.15, 0.2) is 5.79 Å². The molecule has 2 heterocycles. The fourth-order valence-electron chi connectivity index (χ4n) is 2.78. The van der Waals surface area contributed by atoms with Crippen molar-refractivity contribution < 1.29 is 19.0 Å². The van der Waals surface area contributed by atoms with E-state index in [4.69, 9.17) is 14.2 Å². The number of carbonyl (C=O) groups excluding carboxylic acids is 1. The van der Waals surface area contributed by atoms with Gasteiger partial charge in [-0.15, -0.1) is 0 Å². The minimum Gasteiger partial charge on any atom is -0.466 e. The van der Waals surface area contributed by atoms with Crippen LogP contribution in [0.25, 0.3) is 0 Å². The number of hydrogen-bond acceptors (Lipinski definition) is 5. The van der Waals surface area contributed by atoms with Crippen molar-refractivity contribution in [2.24, 2.45) is 0 Å². The molecule has 2 rings (SSSR count). The lowest BCUT2D eigenvalue weighted by Crippen LogP contribution is -2.38. The topological polar surface area (TPSA) is 48.0 Å². The highest BCUT2D eigenvalue weighted by Gasteiger charge is 2.40. The summed E-state index contributed by atoms with van der Waals surface area (Å²) in [4.78, 5) is 13.9. The van der Waals surface area contributed by atoms with E-state index in [1.807, 2.05) is 6.92 Å². The molecule has 19 heavy (non-hydrogen) atoms. The van der Waals surface area contributed by atoms with E-state index in [0.717, 1.165) is 19.6 Å². The number of esters is 1. The molecule has 2 saturated heterocycles. The highest BCUT2D eigenvalue weighted by atomic mass is 16.7. The molecule has 0 aliphatic carbocycles. The third-order valence-corrected chi connectivity index (χ3v) is 3.67. The smallest absolute Gasteiger partial charge is 0.311 e. The molecule has 0 radical (unpaired) electrons. The minimum absolute atomic E-state index is 0.0672. The molecule has 0 spiro atoms. The van der Waals surface area contributed by atoms with Crippen molar-refractivity contribution in [3.05, 3.63) is 0 Å². The van der Waals surface area contributed by atoms with E-state index in [-0.39, 0.29) is 18.5 Å². The van der Waals surface area contributed by atoms with Gasteiger partial charge in [0.05, 0.1) is 25.7 Å². The van der Waals surface area contributed by atoms with Crippen LogP contribution in [0.3, 0.4) is 0 Å². The molecule has 2 fully saturated rings. The maximum Gasteiger partial charge on any atom is 0.311 e. The van der Waals surface area contributed by atoms with Crippen LogP contribution in [0.15, 0.2) is 0 Å². The Kier molecular flexibility index (Phi) is 5.19. The molecule has 110 valence electrons. The van der Waals surface area contributed by atoms with Gasteiger partial charge in [0.25, 0.3) is 0 Å². The molecule has 5 nitrogen and oxygen atoms in total. The Labute approximate surface area is 115 Å². The summed E-state index contributed by atoms with van der Waals surface area (Å²) in [5.41, 5.74) is 0. The quantitative estimate of drug-likeness (QED) is 0.710. The molecule has 0 unspecified atom stereocenters. The van der Waals surface area contributed by atoms with Crippen LogP contribution in [0.1, 0.15) is 39.5 Å². The predicted molar refractivity (Wildman–Crippen MR) is 70.8 cm³/mol. The summed E-state index contributed by atoms with van der Waals surface area (Å²) in [6.45, 7) is 7.77. The maximum absolute atomic E-state index is 11.5. The third kappa shape index (κ3) is 4.44. The Hall–Kier alpha value is -0.650. The van der Waals surface area contributed by atoms with Crippen molar-refractivity contribution in [2.45, 2.75) is 51.4 Å². The van der Waals surface area contributed by atoms with Crippen molar-refractivity contribution in [2.75, 3.05) is 32.8 Å². The molecule has 0 N–H and O–H groups in total. The van der Waals surface area contributed by atoms with Crippen LogP contribution in [0.2, 0.25) is 0 Å². The Morgan fingerprint density at radius 1 is 1.37 bits per heavy atom. The van der Waals surface area contributed by atoms with E-state index in [9.17, 15) is 4.79 Å². The summed E-state index contributed by atoms with van der Waals surface area (Å²) >= 11 is 0. The summed E-state index contributed by atoms with van der Waals surface area (Å²) in [6, 6.07) is 0. The van der Waals surface area contributed by atoms with Gasteiger partial charge in [-0.3, -0.25) is 4.79 Å². The van der Waals surface area contributed by atoms with Gasteiger partial charge in [-0.2, -0.15) is 0 Å². The number of nitrogens with zero attached hydrogens (tertiary/aromatic N) is 1. The van der Waals surface area contributed by atoms with Gasteiger partial charge in [0.2, 0.25) is 0 Å². The van der Waals surface area contributed by atoms with Crippen LogP contribution >= 0.6 is 0 Å². The van der Waals surface area contributed by atoms with Gasteiger partial charge in [-0.25, -0.2) is 0 Å². The minimum atomic E-state index is -0.813.